The van der Waals surface area contributed by atoms with E-state index in [1.165, 1.54) is 0 Å². The van der Waals surface area contributed by atoms with E-state index in [1.807, 2.05) is 4.98 Å². The number of hydrogen-bond donors (Lipinski definition) is 1. The van der Waals surface area contributed by atoms with Gasteiger partial charge in [0.1, 0.15) is 5.82 Å². The predicted molar refractivity (Wildman–Crippen MR) is 80.8 cm³/mol. The smallest absolute Gasteiger partial charge is 0.285 e. The van der Waals surface area contributed by atoms with Crippen LogP contribution < -0.4 is 5.69 Å². The van der Waals surface area contributed by atoms with E-state index < -0.39 is 51.7 Å². The Bertz CT molecular complexity index is 1040. The number of benzene rings is 1. The number of nitrogens with one attached hydrogen (secondary N) is 1. The fraction of sp³-hybridized carbons (Fsp3) is 0.214. The third-order valence-electron chi connectivity index (χ3n) is 3.25. The molecule has 5 nitrogen and oxygen atoms in total. The summed E-state index contributed by atoms with van der Waals surface area (Å²) in [6.07, 6.45) is -9.56. The third-order valence-corrected chi connectivity index (χ3v) is 4.19. The molecule has 2 aromatic heterocycles. The van der Waals surface area contributed by atoms with Crippen LogP contribution in [0.4, 0.5) is 30.7 Å². The molecular formula is C14H7F7N4OS. The Morgan fingerprint density at radius 1 is 1.07 bits per heavy atom. The van der Waals surface area contributed by atoms with Gasteiger partial charge in [0.2, 0.25) is 0 Å². The molecule has 0 fully saturated rings. The minimum Gasteiger partial charge on any atom is -0.285 e. The van der Waals surface area contributed by atoms with Crippen molar-refractivity contribution in [2.24, 2.45) is 0 Å². The molecule has 0 bridgehead atoms. The van der Waals surface area contributed by atoms with Gasteiger partial charge in [-0.05, 0) is 17.7 Å². The number of H-pyrrole nitrogens is 1. The number of aromatic amines is 1. The Labute approximate surface area is 149 Å². The average Bonchev–Trinajstić information content (AvgIpc) is 2.93. The van der Waals surface area contributed by atoms with Crippen molar-refractivity contribution < 1.29 is 30.7 Å². The van der Waals surface area contributed by atoms with Crippen molar-refractivity contribution in [2.45, 2.75) is 17.5 Å². The van der Waals surface area contributed by atoms with Crippen molar-refractivity contribution in [3.63, 3.8) is 0 Å². The first-order valence-corrected chi connectivity index (χ1v) is 8.00. The van der Waals surface area contributed by atoms with Gasteiger partial charge < -0.3 is 0 Å². The Balaban J connectivity index is 2.24. The largest absolute Gasteiger partial charge is 0.435 e. The lowest BCUT2D eigenvalue weighted by atomic mass is 10.1. The molecular weight excluding hydrogens is 405 g/mol. The standard InChI is InChI=1S/C14H7F7N4OS/c15-7-3-1-6(2-4-7)8-9(14(19,20)21)24-25-10(8)22-11(23-12(25)26)27-5-13(16,17)18/h1-4H,5H2,(H,22,23,26). The average molecular weight is 412 g/mol. The lowest BCUT2D eigenvalue weighted by molar-refractivity contribution is -0.140. The summed E-state index contributed by atoms with van der Waals surface area (Å²) in [5.41, 5.74) is -4.04. The SMILES string of the molecule is O=c1[nH]c(SCC(F)(F)F)nc2c(-c3ccc(F)cc3)c(C(F)(F)F)nn12. The van der Waals surface area contributed by atoms with Crippen LogP contribution in [0.1, 0.15) is 5.69 Å². The van der Waals surface area contributed by atoms with Gasteiger partial charge in [-0.3, -0.25) is 4.98 Å². The molecule has 144 valence electrons. The molecule has 0 aliphatic carbocycles. The number of hydrogen-bond acceptors (Lipinski definition) is 4. The van der Waals surface area contributed by atoms with Crippen LogP contribution in [-0.4, -0.2) is 31.5 Å². The monoisotopic (exact) mass is 412 g/mol. The van der Waals surface area contributed by atoms with Crippen LogP contribution in [0.25, 0.3) is 16.8 Å². The van der Waals surface area contributed by atoms with Crippen molar-refractivity contribution in [3.8, 4) is 11.1 Å². The van der Waals surface area contributed by atoms with Gasteiger partial charge in [0.25, 0.3) is 0 Å². The second kappa shape index (κ2) is 6.55. The third kappa shape index (κ3) is 4.07. The van der Waals surface area contributed by atoms with Gasteiger partial charge >= 0.3 is 18.0 Å². The van der Waals surface area contributed by atoms with Gasteiger partial charge in [-0.1, -0.05) is 23.9 Å². The van der Waals surface area contributed by atoms with Crippen molar-refractivity contribution in [1.82, 2.24) is 19.6 Å². The molecule has 2 heterocycles. The topological polar surface area (TPSA) is 63.0 Å². The highest BCUT2D eigenvalue weighted by atomic mass is 32.2. The zero-order valence-electron chi connectivity index (χ0n) is 12.8. The van der Waals surface area contributed by atoms with E-state index in [9.17, 15) is 35.5 Å². The summed E-state index contributed by atoms with van der Waals surface area (Å²) in [7, 11) is 0. The van der Waals surface area contributed by atoms with Crippen LogP contribution in [0, 0.1) is 5.82 Å². The number of alkyl halides is 6. The summed E-state index contributed by atoms with van der Waals surface area (Å²) in [5.74, 6) is -2.12. The second-order valence-electron chi connectivity index (χ2n) is 5.21. The first-order chi connectivity index (χ1) is 12.5. The van der Waals surface area contributed by atoms with Crippen molar-refractivity contribution >= 4 is 17.4 Å². The van der Waals surface area contributed by atoms with Crippen molar-refractivity contribution in [1.29, 1.82) is 0 Å². The normalized spacial score (nSPS) is 12.7. The molecule has 0 aliphatic rings. The molecule has 0 atom stereocenters. The molecule has 0 amide bonds. The Kier molecular flexibility index (Phi) is 4.66. The van der Waals surface area contributed by atoms with E-state index in [0.717, 1.165) is 24.3 Å². The summed E-state index contributed by atoms with van der Waals surface area (Å²) in [6.45, 7) is 0. The maximum atomic E-state index is 13.3. The van der Waals surface area contributed by atoms with E-state index in [1.54, 1.807) is 0 Å². The first kappa shape index (κ1) is 19.2. The molecule has 0 radical (unpaired) electrons. The molecule has 3 rings (SSSR count). The summed E-state index contributed by atoms with van der Waals surface area (Å²) >= 11 is 0.105. The molecule has 27 heavy (non-hydrogen) atoms. The zero-order valence-corrected chi connectivity index (χ0v) is 13.6. The molecule has 0 saturated heterocycles. The van der Waals surface area contributed by atoms with E-state index in [4.69, 9.17) is 0 Å². The van der Waals surface area contributed by atoms with Gasteiger partial charge in [-0.2, -0.15) is 36.0 Å². The zero-order chi connectivity index (χ0) is 20.0. The molecule has 13 heteroatoms. The minimum atomic E-state index is -4.98. The van der Waals surface area contributed by atoms with Gasteiger partial charge in [-0.25, -0.2) is 14.2 Å². The number of rotatable bonds is 3. The fourth-order valence-corrected chi connectivity index (χ4v) is 2.83. The maximum Gasteiger partial charge on any atom is 0.435 e. The van der Waals surface area contributed by atoms with Crippen LogP contribution in [0.15, 0.2) is 34.2 Å². The van der Waals surface area contributed by atoms with E-state index in [2.05, 4.69) is 10.1 Å². The number of aromatic nitrogens is 4. The van der Waals surface area contributed by atoms with Crippen LogP contribution in [-0.2, 0) is 6.18 Å². The van der Waals surface area contributed by atoms with Crippen molar-refractivity contribution in [2.75, 3.05) is 5.75 Å². The second-order valence-corrected chi connectivity index (χ2v) is 6.18. The Hall–Kier alpha value is -2.57. The first-order valence-electron chi connectivity index (χ1n) is 7.01. The van der Waals surface area contributed by atoms with E-state index in [-0.39, 0.29) is 17.3 Å². The highest BCUT2D eigenvalue weighted by Gasteiger charge is 2.39. The van der Waals surface area contributed by atoms with Crippen LogP contribution in [0.5, 0.6) is 0 Å². The molecule has 0 aliphatic heterocycles. The number of halogens is 7. The lowest BCUT2D eigenvalue weighted by Crippen LogP contribution is -2.21. The quantitative estimate of drug-likeness (QED) is 0.524. The number of thioether (sulfide) groups is 1. The van der Waals surface area contributed by atoms with Crippen LogP contribution in [0.2, 0.25) is 0 Å². The molecule has 1 aromatic carbocycles. The van der Waals surface area contributed by atoms with Gasteiger partial charge in [0.15, 0.2) is 16.5 Å². The molecule has 0 saturated carbocycles. The van der Waals surface area contributed by atoms with Gasteiger partial charge in [0.05, 0.1) is 11.3 Å². The molecule has 1 N–H and O–H groups in total. The van der Waals surface area contributed by atoms with Gasteiger partial charge in [0, 0.05) is 0 Å². The highest BCUT2D eigenvalue weighted by molar-refractivity contribution is 7.99. The summed E-state index contributed by atoms with van der Waals surface area (Å²) in [6, 6.07) is 3.83. The highest BCUT2D eigenvalue weighted by Crippen LogP contribution is 2.38. The molecule has 3 aromatic rings. The lowest BCUT2D eigenvalue weighted by Gasteiger charge is -2.07. The van der Waals surface area contributed by atoms with Gasteiger partial charge in [-0.15, -0.1) is 0 Å². The Morgan fingerprint density at radius 3 is 2.26 bits per heavy atom. The number of fused-ring (bicyclic) bond motifs is 1. The molecule has 0 unspecified atom stereocenters. The minimum absolute atomic E-state index is 0.105. The summed E-state index contributed by atoms with van der Waals surface area (Å²) in [5, 5.41) is 2.67. The summed E-state index contributed by atoms with van der Waals surface area (Å²) < 4.78 is 90.5. The Morgan fingerprint density at radius 2 is 1.70 bits per heavy atom. The summed E-state index contributed by atoms with van der Waals surface area (Å²) in [4.78, 5) is 17.6. The van der Waals surface area contributed by atoms with Crippen LogP contribution >= 0.6 is 11.8 Å². The van der Waals surface area contributed by atoms with Crippen LogP contribution in [0.3, 0.4) is 0 Å². The predicted octanol–water partition coefficient (Wildman–Crippen LogP) is 3.90. The van der Waals surface area contributed by atoms with E-state index in [0.29, 0.717) is 4.52 Å². The van der Waals surface area contributed by atoms with Crippen molar-refractivity contribution in [3.05, 3.63) is 46.3 Å². The molecule has 0 spiro atoms. The number of nitrogens with zero attached hydrogens (tertiary/aromatic N) is 3. The fourth-order valence-electron chi connectivity index (χ4n) is 2.22. The van der Waals surface area contributed by atoms with E-state index >= 15 is 0 Å². The maximum absolute atomic E-state index is 13.3.